The lowest BCUT2D eigenvalue weighted by Gasteiger charge is -2.32. The second kappa shape index (κ2) is 5.38. The summed E-state index contributed by atoms with van der Waals surface area (Å²) < 4.78 is 0. The molecule has 4 nitrogen and oxygen atoms in total. The van der Waals surface area contributed by atoms with Crippen LogP contribution < -0.4 is 10.6 Å². The maximum Gasteiger partial charge on any atom is 0.252 e. The number of nitriles is 1. The Labute approximate surface area is 111 Å². The van der Waals surface area contributed by atoms with Crippen molar-refractivity contribution in [2.45, 2.75) is 18.4 Å². The van der Waals surface area contributed by atoms with Gasteiger partial charge in [0.25, 0.3) is 5.91 Å². The van der Waals surface area contributed by atoms with Gasteiger partial charge >= 0.3 is 0 Å². The molecule has 0 aromatic heterocycles. The second-order valence-corrected chi connectivity index (χ2v) is 4.84. The average molecular weight is 264 g/mol. The zero-order valence-corrected chi connectivity index (χ0v) is 10.6. The van der Waals surface area contributed by atoms with E-state index in [-0.39, 0.29) is 5.91 Å². The van der Waals surface area contributed by atoms with Gasteiger partial charge < -0.3 is 10.6 Å². The van der Waals surface area contributed by atoms with Crippen molar-refractivity contribution in [2.75, 3.05) is 13.1 Å². The van der Waals surface area contributed by atoms with E-state index in [0.29, 0.717) is 23.4 Å². The lowest BCUT2D eigenvalue weighted by Crippen LogP contribution is -2.53. The van der Waals surface area contributed by atoms with Crippen LogP contribution in [0.15, 0.2) is 24.3 Å². The van der Waals surface area contributed by atoms with Crippen LogP contribution in [0.2, 0.25) is 5.02 Å². The lowest BCUT2D eigenvalue weighted by atomic mass is 9.89. The van der Waals surface area contributed by atoms with Crippen LogP contribution in [-0.2, 0) is 0 Å². The standard InChI is InChI=1S/C13H14ClN3O/c14-11-3-1-10(2-4-11)12(18)17-13(9-15)5-7-16-8-6-13/h1-4,16H,5-8H2,(H,17,18). The van der Waals surface area contributed by atoms with E-state index >= 15 is 0 Å². The maximum absolute atomic E-state index is 12.1. The van der Waals surface area contributed by atoms with Crippen LogP contribution in [0.3, 0.4) is 0 Å². The molecule has 2 rings (SSSR count). The second-order valence-electron chi connectivity index (χ2n) is 4.40. The van der Waals surface area contributed by atoms with Gasteiger partial charge in [0.05, 0.1) is 6.07 Å². The van der Waals surface area contributed by atoms with Gasteiger partial charge in [-0.2, -0.15) is 5.26 Å². The van der Waals surface area contributed by atoms with Crippen LogP contribution >= 0.6 is 11.6 Å². The van der Waals surface area contributed by atoms with Gasteiger partial charge in [0.2, 0.25) is 0 Å². The fraction of sp³-hybridized carbons (Fsp3) is 0.385. The number of hydrogen-bond acceptors (Lipinski definition) is 3. The molecule has 1 heterocycles. The van der Waals surface area contributed by atoms with Crippen LogP contribution in [0.1, 0.15) is 23.2 Å². The van der Waals surface area contributed by atoms with Crippen LogP contribution in [0.25, 0.3) is 0 Å². The summed E-state index contributed by atoms with van der Waals surface area (Å²) >= 11 is 5.77. The first-order valence-corrected chi connectivity index (χ1v) is 6.23. The fourth-order valence-electron chi connectivity index (χ4n) is 2.01. The Morgan fingerprint density at radius 3 is 2.50 bits per heavy atom. The molecule has 0 unspecified atom stereocenters. The molecule has 1 aromatic carbocycles. The zero-order chi connectivity index (χ0) is 13.0. The SMILES string of the molecule is N#CC1(NC(=O)c2ccc(Cl)cc2)CCNCC1. The van der Waals surface area contributed by atoms with E-state index in [2.05, 4.69) is 16.7 Å². The normalized spacial score (nSPS) is 17.8. The summed E-state index contributed by atoms with van der Waals surface area (Å²) in [5.74, 6) is -0.227. The highest BCUT2D eigenvalue weighted by molar-refractivity contribution is 6.30. The summed E-state index contributed by atoms with van der Waals surface area (Å²) in [4.78, 5) is 12.1. The molecule has 0 spiro atoms. The quantitative estimate of drug-likeness (QED) is 0.854. The largest absolute Gasteiger partial charge is 0.334 e. The van der Waals surface area contributed by atoms with Gasteiger partial charge in [-0.3, -0.25) is 4.79 Å². The number of nitrogens with one attached hydrogen (secondary N) is 2. The Morgan fingerprint density at radius 2 is 1.94 bits per heavy atom. The predicted molar refractivity (Wildman–Crippen MR) is 69.4 cm³/mol. The van der Waals surface area contributed by atoms with Crippen molar-refractivity contribution in [1.82, 2.24) is 10.6 Å². The molecule has 0 atom stereocenters. The third kappa shape index (κ3) is 2.81. The number of rotatable bonds is 2. The van der Waals surface area contributed by atoms with Gasteiger partial charge in [-0.1, -0.05) is 11.6 Å². The predicted octanol–water partition coefficient (Wildman–Crippen LogP) is 1.72. The van der Waals surface area contributed by atoms with E-state index in [9.17, 15) is 10.1 Å². The summed E-state index contributed by atoms with van der Waals surface area (Å²) in [6.07, 6.45) is 1.26. The van der Waals surface area contributed by atoms with E-state index in [1.807, 2.05) is 0 Å². The van der Waals surface area contributed by atoms with Crippen molar-refractivity contribution in [3.63, 3.8) is 0 Å². The molecule has 0 bridgehead atoms. The van der Waals surface area contributed by atoms with Gasteiger partial charge in [-0.05, 0) is 50.2 Å². The number of hydrogen-bond donors (Lipinski definition) is 2. The number of nitrogens with zero attached hydrogens (tertiary/aromatic N) is 1. The number of carbonyl (C=O) groups excluding carboxylic acids is 1. The van der Waals surface area contributed by atoms with Crippen molar-refractivity contribution >= 4 is 17.5 Å². The zero-order valence-electron chi connectivity index (χ0n) is 9.87. The number of halogens is 1. The van der Waals surface area contributed by atoms with E-state index < -0.39 is 5.54 Å². The third-order valence-electron chi connectivity index (χ3n) is 3.13. The molecule has 94 valence electrons. The van der Waals surface area contributed by atoms with Gasteiger partial charge in [-0.25, -0.2) is 0 Å². The number of carbonyl (C=O) groups is 1. The highest BCUT2D eigenvalue weighted by Crippen LogP contribution is 2.18. The maximum atomic E-state index is 12.1. The molecule has 1 aliphatic heterocycles. The lowest BCUT2D eigenvalue weighted by molar-refractivity contribution is 0.0906. The van der Waals surface area contributed by atoms with Crippen molar-refractivity contribution in [2.24, 2.45) is 0 Å². The van der Waals surface area contributed by atoms with Gasteiger partial charge in [0.1, 0.15) is 5.54 Å². The first kappa shape index (κ1) is 12.9. The van der Waals surface area contributed by atoms with Gasteiger partial charge in [0.15, 0.2) is 0 Å². The molecule has 0 aliphatic carbocycles. The van der Waals surface area contributed by atoms with E-state index in [1.54, 1.807) is 24.3 Å². The topological polar surface area (TPSA) is 64.9 Å². The van der Waals surface area contributed by atoms with Gasteiger partial charge in [-0.15, -0.1) is 0 Å². The Balaban J connectivity index is 2.10. The minimum Gasteiger partial charge on any atom is -0.334 e. The van der Waals surface area contributed by atoms with Gasteiger partial charge in [0, 0.05) is 10.6 Å². The Hall–Kier alpha value is -1.57. The van der Waals surface area contributed by atoms with Crippen LogP contribution in [0, 0.1) is 11.3 Å². The number of piperidine rings is 1. The molecule has 1 saturated heterocycles. The first-order chi connectivity index (χ1) is 8.65. The molecule has 18 heavy (non-hydrogen) atoms. The third-order valence-corrected chi connectivity index (χ3v) is 3.38. The van der Waals surface area contributed by atoms with Crippen molar-refractivity contribution < 1.29 is 4.79 Å². The first-order valence-electron chi connectivity index (χ1n) is 5.85. The van der Waals surface area contributed by atoms with E-state index in [0.717, 1.165) is 13.1 Å². The smallest absolute Gasteiger partial charge is 0.252 e. The number of benzene rings is 1. The molecular formula is C13H14ClN3O. The van der Waals surface area contributed by atoms with Crippen LogP contribution in [-0.4, -0.2) is 24.5 Å². The minimum absolute atomic E-state index is 0.227. The molecule has 1 amide bonds. The highest BCUT2D eigenvalue weighted by atomic mass is 35.5. The van der Waals surface area contributed by atoms with Crippen molar-refractivity contribution in [1.29, 1.82) is 5.26 Å². The summed E-state index contributed by atoms with van der Waals surface area (Å²) in [6, 6.07) is 8.87. The number of amides is 1. The summed E-state index contributed by atoms with van der Waals surface area (Å²) in [7, 11) is 0. The molecular weight excluding hydrogens is 250 g/mol. The summed E-state index contributed by atoms with van der Waals surface area (Å²) in [5, 5.41) is 15.9. The minimum atomic E-state index is -0.748. The van der Waals surface area contributed by atoms with Crippen LogP contribution in [0.5, 0.6) is 0 Å². The Morgan fingerprint density at radius 1 is 1.33 bits per heavy atom. The summed E-state index contributed by atoms with van der Waals surface area (Å²) in [5.41, 5.74) is -0.227. The molecule has 0 radical (unpaired) electrons. The molecule has 1 fully saturated rings. The average Bonchev–Trinajstić information content (AvgIpc) is 2.40. The van der Waals surface area contributed by atoms with Crippen LogP contribution in [0.4, 0.5) is 0 Å². The molecule has 2 N–H and O–H groups in total. The monoisotopic (exact) mass is 263 g/mol. The van der Waals surface area contributed by atoms with Crippen molar-refractivity contribution in [3.8, 4) is 6.07 Å². The van der Waals surface area contributed by atoms with E-state index in [4.69, 9.17) is 11.6 Å². The van der Waals surface area contributed by atoms with E-state index in [1.165, 1.54) is 0 Å². The summed E-state index contributed by atoms with van der Waals surface area (Å²) in [6.45, 7) is 1.49. The molecule has 1 aliphatic rings. The molecule has 5 heteroatoms. The molecule has 1 aromatic rings. The fourth-order valence-corrected chi connectivity index (χ4v) is 2.14. The highest BCUT2D eigenvalue weighted by Gasteiger charge is 2.33. The molecule has 0 saturated carbocycles. The Bertz CT molecular complexity index is 472. The Kier molecular flexibility index (Phi) is 3.85. The van der Waals surface area contributed by atoms with Crippen molar-refractivity contribution in [3.05, 3.63) is 34.9 Å².